The predicted octanol–water partition coefficient (Wildman–Crippen LogP) is 4.73. The van der Waals surface area contributed by atoms with Gasteiger partial charge in [0.15, 0.2) is 0 Å². The number of aromatic nitrogens is 1. The molecule has 106 valence electrons. The number of nitrogens with two attached hydrogens (primary N) is 1. The van der Waals surface area contributed by atoms with Crippen LogP contribution in [0.5, 0.6) is 0 Å². The van der Waals surface area contributed by atoms with Gasteiger partial charge in [0.25, 0.3) is 0 Å². The van der Waals surface area contributed by atoms with E-state index in [4.69, 9.17) is 17.3 Å². The van der Waals surface area contributed by atoms with Crippen molar-refractivity contribution < 1.29 is 4.39 Å². The fourth-order valence-corrected chi connectivity index (χ4v) is 3.19. The van der Waals surface area contributed by atoms with E-state index in [0.29, 0.717) is 11.6 Å². The second kappa shape index (κ2) is 5.93. The van der Waals surface area contributed by atoms with Crippen LogP contribution in [0.2, 0.25) is 5.02 Å². The van der Waals surface area contributed by atoms with E-state index in [1.807, 2.05) is 29.6 Å². The van der Waals surface area contributed by atoms with Crippen LogP contribution >= 0.6 is 22.9 Å². The van der Waals surface area contributed by atoms with Crippen LogP contribution in [0.4, 0.5) is 4.39 Å². The third-order valence-electron chi connectivity index (χ3n) is 3.15. The van der Waals surface area contributed by atoms with Crippen LogP contribution in [0.1, 0.15) is 5.56 Å². The third-order valence-corrected chi connectivity index (χ3v) is 4.34. The highest BCUT2D eigenvalue weighted by molar-refractivity contribution is 7.13. The van der Waals surface area contributed by atoms with Crippen LogP contribution in [0.3, 0.4) is 0 Å². The molecule has 0 fully saturated rings. The molecule has 0 amide bonds. The summed E-state index contributed by atoms with van der Waals surface area (Å²) in [6.07, 6.45) is 0. The van der Waals surface area contributed by atoms with Gasteiger partial charge >= 0.3 is 0 Å². The molecular formula is C16H12ClFN2S. The Morgan fingerprint density at radius 3 is 2.57 bits per heavy atom. The number of hydrogen-bond acceptors (Lipinski definition) is 3. The summed E-state index contributed by atoms with van der Waals surface area (Å²) in [5.74, 6) is -0.349. The monoisotopic (exact) mass is 318 g/mol. The summed E-state index contributed by atoms with van der Waals surface area (Å²) in [4.78, 5) is 4.58. The van der Waals surface area contributed by atoms with Crippen molar-refractivity contribution >= 4 is 22.9 Å². The zero-order valence-electron chi connectivity index (χ0n) is 11.0. The van der Waals surface area contributed by atoms with E-state index in [9.17, 15) is 4.39 Å². The van der Waals surface area contributed by atoms with Gasteiger partial charge in [0.1, 0.15) is 10.8 Å². The lowest BCUT2D eigenvalue weighted by atomic mass is 10.1. The summed E-state index contributed by atoms with van der Waals surface area (Å²) in [7, 11) is 0. The Kier molecular flexibility index (Phi) is 4.01. The van der Waals surface area contributed by atoms with Crippen LogP contribution in [0.15, 0.2) is 47.8 Å². The molecule has 5 heteroatoms. The van der Waals surface area contributed by atoms with Gasteiger partial charge in [0.05, 0.1) is 10.7 Å². The molecule has 3 aromatic rings. The van der Waals surface area contributed by atoms with Crippen molar-refractivity contribution in [2.75, 3.05) is 0 Å². The molecule has 0 aliphatic carbocycles. The highest BCUT2D eigenvalue weighted by atomic mass is 35.5. The number of hydrogen-bond donors (Lipinski definition) is 1. The van der Waals surface area contributed by atoms with Gasteiger partial charge in [0, 0.05) is 23.1 Å². The van der Waals surface area contributed by atoms with Crippen LogP contribution in [0, 0.1) is 5.82 Å². The van der Waals surface area contributed by atoms with E-state index in [-0.39, 0.29) is 5.82 Å². The van der Waals surface area contributed by atoms with E-state index in [1.54, 1.807) is 6.07 Å². The maximum Gasteiger partial charge on any atom is 0.125 e. The van der Waals surface area contributed by atoms with E-state index in [2.05, 4.69) is 4.98 Å². The first-order chi connectivity index (χ1) is 10.2. The topological polar surface area (TPSA) is 38.9 Å². The Balaban J connectivity index is 1.95. The molecule has 1 heterocycles. The number of nitrogens with zero attached hydrogens (tertiary/aromatic N) is 1. The van der Waals surface area contributed by atoms with Gasteiger partial charge in [-0.05, 0) is 23.8 Å². The van der Waals surface area contributed by atoms with Gasteiger partial charge in [-0.15, -0.1) is 11.3 Å². The standard InChI is InChI=1S/C16H12ClFN2S/c17-14-7-12(18)5-6-13(14)16-20-15(9-21-16)11-3-1-10(8-19)2-4-11/h1-7,9H,8,19H2. The molecule has 0 spiro atoms. The molecule has 0 saturated heterocycles. The predicted molar refractivity (Wildman–Crippen MR) is 85.8 cm³/mol. The van der Waals surface area contributed by atoms with Crippen molar-refractivity contribution in [3.05, 3.63) is 64.2 Å². The summed E-state index contributed by atoms with van der Waals surface area (Å²) in [6, 6.07) is 12.3. The molecule has 0 bridgehead atoms. The maximum atomic E-state index is 13.1. The lowest BCUT2D eigenvalue weighted by molar-refractivity contribution is 0.628. The SMILES string of the molecule is NCc1ccc(-c2csc(-c3ccc(F)cc3Cl)n2)cc1. The molecule has 2 aromatic carbocycles. The van der Waals surface area contributed by atoms with Gasteiger partial charge in [0.2, 0.25) is 0 Å². The molecule has 3 rings (SSSR count). The number of halogens is 2. The molecule has 0 saturated carbocycles. The summed E-state index contributed by atoms with van der Waals surface area (Å²) in [5, 5.41) is 3.11. The van der Waals surface area contributed by atoms with Crippen molar-refractivity contribution in [2.24, 2.45) is 5.73 Å². The Bertz CT molecular complexity index is 768. The van der Waals surface area contributed by atoms with Gasteiger partial charge in [-0.25, -0.2) is 9.37 Å². The number of benzene rings is 2. The fraction of sp³-hybridized carbons (Fsp3) is 0.0625. The number of thiazole rings is 1. The minimum Gasteiger partial charge on any atom is -0.326 e. The highest BCUT2D eigenvalue weighted by Gasteiger charge is 2.10. The molecule has 0 radical (unpaired) electrons. The van der Waals surface area contributed by atoms with Crippen molar-refractivity contribution in [1.29, 1.82) is 0 Å². The molecule has 2 nitrogen and oxygen atoms in total. The van der Waals surface area contributed by atoms with Crippen LogP contribution in [-0.2, 0) is 6.54 Å². The van der Waals surface area contributed by atoms with Crippen LogP contribution in [0.25, 0.3) is 21.8 Å². The molecule has 0 atom stereocenters. The normalized spacial score (nSPS) is 10.8. The highest BCUT2D eigenvalue weighted by Crippen LogP contribution is 2.33. The van der Waals surface area contributed by atoms with Crippen molar-refractivity contribution in [1.82, 2.24) is 4.98 Å². The van der Waals surface area contributed by atoms with Gasteiger partial charge in [-0.2, -0.15) is 0 Å². The van der Waals surface area contributed by atoms with Crippen LogP contribution in [-0.4, -0.2) is 4.98 Å². The van der Waals surface area contributed by atoms with Crippen molar-refractivity contribution in [3.63, 3.8) is 0 Å². The average Bonchev–Trinajstić information content (AvgIpc) is 2.97. The lowest BCUT2D eigenvalue weighted by Crippen LogP contribution is -1.95. The smallest absolute Gasteiger partial charge is 0.125 e. The van der Waals surface area contributed by atoms with Crippen LogP contribution < -0.4 is 5.73 Å². The molecular weight excluding hydrogens is 307 g/mol. The lowest BCUT2D eigenvalue weighted by Gasteiger charge is -2.01. The second-order valence-electron chi connectivity index (χ2n) is 4.56. The van der Waals surface area contributed by atoms with E-state index < -0.39 is 0 Å². The summed E-state index contributed by atoms with van der Waals surface area (Å²) < 4.78 is 13.1. The molecule has 21 heavy (non-hydrogen) atoms. The van der Waals surface area contributed by atoms with Gasteiger partial charge < -0.3 is 5.73 Å². The molecule has 0 unspecified atom stereocenters. The zero-order chi connectivity index (χ0) is 14.8. The quantitative estimate of drug-likeness (QED) is 0.758. The Morgan fingerprint density at radius 1 is 1.14 bits per heavy atom. The summed E-state index contributed by atoms with van der Waals surface area (Å²) in [5.41, 5.74) is 9.31. The maximum absolute atomic E-state index is 13.1. The van der Waals surface area contributed by atoms with E-state index >= 15 is 0 Å². The average molecular weight is 319 g/mol. The summed E-state index contributed by atoms with van der Waals surface area (Å²) >= 11 is 7.56. The second-order valence-corrected chi connectivity index (χ2v) is 5.83. The first-order valence-electron chi connectivity index (χ1n) is 6.37. The van der Waals surface area contributed by atoms with Gasteiger partial charge in [-0.1, -0.05) is 35.9 Å². The minimum absolute atomic E-state index is 0.349. The van der Waals surface area contributed by atoms with E-state index in [0.717, 1.165) is 27.4 Å². The molecule has 0 aliphatic heterocycles. The van der Waals surface area contributed by atoms with Crippen molar-refractivity contribution in [3.8, 4) is 21.8 Å². The molecule has 0 aliphatic rings. The zero-order valence-corrected chi connectivity index (χ0v) is 12.6. The van der Waals surface area contributed by atoms with Gasteiger partial charge in [-0.3, -0.25) is 0 Å². The molecule has 1 aromatic heterocycles. The largest absolute Gasteiger partial charge is 0.326 e. The summed E-state index contributed by atoms with van der Waals surface area (Å²) in [6.45, 7) is 0.522. The van der Waals surface area contributed by atoms with Crippen molar-refractivity contribution in [2.45, 2.75) is 6.54 Å². The number of rotatable bonds is 3. The Labute approximate surface area is 131 Å². The fourth-order valence-electron chi connectivity index (χ4n) is 2.00. The Morgan fingerprint density at radius 2 is 1.90 bits per heavy atom. The first kappa shape index (κ1) is 14.2. The Hall–Kier alpha value is -1.75. The molecule has 2 N–H and O–H groups in total. The first-order valence-corrected chi connectivity index (χ1v) is 7.63. The van der Waals surface area contributed by atoms with E-state index in [1.165, 1.54) is 23.5 Å². The third kappa shape index (κ3) is 2.97. The minimum atomic E-state index is -0.349.